The summed E-state index contributed by atoms with van der Waals surface area (Å²) >= 11 is 0. The summed E-state index contributed by atoms with van der Waals surface area (Å²) in [6.45, 7) is 2.02. The van der Waals surface area contributed by atoms with E-state index in [1.165, 1.54) is 19.3 Å². The molecule has 29 heavy (non-hydrogen) atoms. The van der Waals surface area contributed by atoms with E-state index >= 15 is 0 Å². The van der Waals surface area contributed by atoms with Crippen LogP contribution in [0.25, 0.3) is 11.4 Å². The summed E-state index contributed by atoms with van der Waals surface area (Å²) in [6.07, 6.45) is 11.7. The number of hydrogen-bond donors (Lipinski definition) is 0. The zero-order valence-electron chi connectivity index (χ0n) is 16.6. The molecule has 0 unspecified atom stereocenters. The maximum absolute atomic E-state index is 12.9. The fourth-order valence-electron chi connectivity index (χ4n) is 3.60. The van der Waals surface area contributed by atoms with Crippen LogP contribution in [0.15, 0.2) is 52.4 Å². The second-order valence-electron chi connectivity index (χ2n) is 7.50. The van der Waals surface area contributed by atoms with E-state index in [1.807, 2.05) is 37.4 Å². The topological polar surface area (TPSA) is 86.2 Å². The summed E-state index contributed by atoms with van der Waals surface area (Å²) in [7, 11) is 0. The zero-order chi connectivity index (χ0) is 20.1. The second-order valence-corrected chi connectivity index (χ2v) is 7.50. The average molecular weight is 391 g/mol. The molecule has 0 aliphatic heterocycles. The van der Waals surface area contributed by atoms with Crippen molar-refractivity contribution in [3.05, 3.63) is 59.8 Å². The Morgan fingerprint density at radius 2 is 2.14 bits per heavy atom. The Morgan fingerprint density at radius 1 is 1.28 bits per heavy atom. The third-order valence-electron chi connectivity index (χ3n) is 5.19. The Balaban J connectivity index is 1.48. The highest BCUT2D eigenvalue weighted by atomic mass is 16.5. The van der Waals surface area contributed by atoms with Crippen molar-refractivity contribution in [3.63, 3.8) is 0 Å². The number of hydrogen-bond acceptors (Lipinski definition) is 6. The van der Waals surface area contributed by atoms with Crippen molar-refractivity contribution in [2.24, 2.45) is 4.99 Å². The van der Waals surface area contributed by atoms with Crippen LogP contribution in [-0.4, -0.2) is 31.6 Å². The number of carbonyl (C=O) groups excluding carboxylic acids is 1. The van der Waals surface area contributed by atoms with Gasteiger partial charge in [0.2, 0.25) is 17.6 Å². The van der Waals surface area contributed by atoms with Gasteiger partial charge >= 0.3 is 0 Å². The molecule has 0 radical (unpaired) electrons. The molecule has 7 nitrogen and oxygen atoms in total. The smallest absolute Gasteiger partial charge is 0.232 e. The minimum atomic E-state index is -0.0271. The van der Waals surface area contributed by atoms with E-state index in [1.54, 1.807) is 17.0 Å². The Bertz CT molecular complexity index is 1030. The lowest BCUT2D eigenvalue weighted by molar-refractivity contribution is 0.0893. The average Bonchev–Trinajstić information content (AvgIpc) is 3.23. The maximum atomic E-state index is 12.9. The first-order valence-corrected chi connectivity index (χ1v) is 10.2. The van der Waals surface area contributed by atoms with Crippen LogP contribution in [0.2, 0.25) is 0 Å². The molecular weight excluding hydrogens is 366 g/mol. The van der Waals surface area contributed by atoms with Gasteiger partial charge in [-0.3, -0.25) is 19.3 Å². The molecule has 0 amide bonds. The molecule has 3 aromatic rings. The van der Waals surface area contributed by atoms with E-state index in [0.29, 0.717) is 24.2 Å². The summed E-state index contributed by atoms with van der Waals surface area (Å²) in [5.41, 5.74) is 2.63. The summed E-state index contributed by atoms with van der Waals surface area (Å²) < 4.78 is 6.96. The molecule has 7 heteroatoms. The lowest BCUT2D eigenvalue weighted by atomic mass is 9.96. The number of pyridine rings is 2. The minimum Gasteiger partial charge on any atom is -0.339 e. The molecule has 3 heterocycles. The van der Waals surface area contributed by atoms with Gasteiger partial charge in [-0.05, 0) is 49.6 Å². The van der Waals surface area contributed by atoms with Gasteiger partial charge in [0.25, 0.3) is 0 Å². The molecule has 1 aliphatic carbocycles. The molecule has 0 atom stereocenters. The zero-order valence-corrected chi connectivity index (χ0v) is 16.6. The highest BCUT2D eigenvalue weighted by Gasteiger charge is 2.15. The Labute approximate surface area is 169 Å². The van der Waals surface area contributed by atoms with Gasteiger partial charge < -0.3 is 4.52 Å². The normalized spacial score (nSPS) is 15.6. The van der Waals surface area contributed by atoms with Crippen molar-refractivity contribution in [1.82, 2.24) is 19.7 Å². The number of aromatic nitrogens is 4. The molecule has 0 spiro atoms. The number of rotatable bonds is 5. The lowest BCUT2D eigenvalue weighted by Gasteiger charge is -2.18. The van der Waals surface area contributed by atoms with Crippen molar-refractivity contribution in [2.75, 3.05) is 0 Å². The Morgan fingerprint density at radius 3 is 2.93 bits per heavy atom. The number of aryl methyl sites for hydroxylation is 2. The van der Waals surface area contributed by atoms with Gasteiger partial charge in [0.15, 0.2) is 0 Å². The van der Waals surface area contributed by atoms with Crippen molar-refractivity contribution >= 4 is 5.91 Å². The van der Waals surface area contributed by atoms with Gasteiger partial charge in [0.05, 0.1) is 6.04 Å². The summed E-state index contributed by atoms with van der Waals surface area (Å²) in [6, 6.07) is 7.92. The standard InChI is InChI=1S/C22H25N5O2/c1-16-11-13-27(19(14-16)24-18-7-3-2-4-8-18)21(28)10-9-20-25-22(26-29-20)17-6-5-12-23-15-17/h5-6,11-15,18H,2-4,7-10H2,1H3. The van der Waals surface area contributed by atoms with Crippen LogP contribution in [0, 0.1) is 6.92 Å². The van der Waals surface area contributed by atoms with Crippen molar-refractivity contribution in [1.29, 1.82) is 0 Å². The van der Waals surface area contributed by atoms with Gasteiger partial charge in [-0.15, -0.1) is 0 Å². The van der Waals surface area contributed by atoms with E-state index in [0.717, 1.165) is 29.5 Å². The van der Waals surface area contributed by atoms with Crippen LogP contribution in [0.4, 0.5) is 0 Å². The molecule has 0 bridgehead atoms. The van der Waals surface area contributed by atoms with Crippen molar-refractivity contribution < 1.29 is 9.32 Å². The van der Waals surface area contributed by atoms with Crippen LogP contribution < -0.4 is 5.49 Å². The van der Waals surface area contributed by atoms with E-state index in [9.17, 15) is 4.79 Å². The third-order valence-corrected chi connectivity index (χ3v) is 5.19. The van der Waals surface area contributed by atoms with Gasteiger partial charge in [-0.25, -0.2) is 0 Å². The van der Waals surface area contributed by atoms with E-state index < -0.39 is 0 Å². The third kappa shape index (κ3) is 4.85. The van der Waals surface area contributed by atoms with Crippen LogP contribution in [-0.2, 0) is 6.42 Å². The van der Waals surface area contributed by atoms with E-state index in [2.05, 4.69) is 15.1 Å². The first kappa shape index (κ1) is 19.2. The monoisotopic (exact) mass is 391 g/mol. The first-order valence-electron chi connectivity index (χ1n) is 10.2. The molecule has 0 N–H and O–H groups in total. The lowest BCUT2D eigenvalue weighted by Crippen LogP contribution is -2.29. The van der Waals surface area contributed by atoms with Crippen LogP contribution >= 0.6 is 0 Å². The predicted molar refractivity (Wildman–Crippen MR) is 108 cm³/mol. The highest BCUT2D eigenvalue weighted by molar-refractivity contribution is 5.78. The highest BCUT2D eigenvalue weighted by Crippen LogP contribution is 2.19. The van der Waals surface area contributed by atoms with Crippen LogP contribution in [0.5, 0.6) is 0 Å². The van der Waals surface area contributed by atoms with Crippen molar-refractivity contribution in [2.45, 2.75) is 57.9 Å². The molecule has 3 aromatic heterocycles. The second kappa shape index (κ2) is 8.94. The van der Waals surface area contributed by atoms with Gasteiger partial charge in [-0.2, -0.15) is 4.98 Å². The van der Waals surface area contributed by atoms with Gasteiger partial charge in [0.1, 0.15) is 5.49 Å². The summed E-state index contributed by atoms with van der Waals surface area (Å²) in [5.74, 6) is 0.896. The fraction of sp³-hybridized carbons (Fsp3) is 0.409. The summed E-state index contributed by atoms with van der Waals surface area (Å²) in [5, 5.41) is 3.98. The molecule has 4 rings (SSSR count). The Kier molecular flexibility index (Phi) is 5.93. The van der Waals surface area contributed by atoms with E-state index in [-0.39, 0.29) is 12.3 Å². The molecule has 0 saturated heterocycles. The van der Waals surface area contributed by atoms with Gasteiger partial charge in [0, 0.05) is 37.0 Å². The largest absolute Gasteiger partial charge is 0.339 e. The van der Waals surface area contributed by atoms with E-state index in [4.69, 9.17) is 9.52 Å². The molecule has 1 aliphatic rings. The fourth-order valence-corrected chi connectivity index (χ4v) is 3.60. The predicted octanol–water partition coefficient (Wildman–Crippen LogP) is 3.75. The molecule has 1 fully saturated rings. The summed E-state index contributed by atoms with van der Waals surface area (Å²) in [4.78, 5) is 26.2. The first-order chi connectivity index (χ1) is 14.2. The van der Waals surface area contributed by atoms with Crippen LogP contribution in [0.1, 0.15) is 54.8 Å². The van der Waals surface area contributed by atoms with Crippen molar-refractivity contribution in [3.8, 4) is 11.4 Å². The minimum absolute atomic E-state index is 0.0271. The molecule has 0 aromatic carbocycles. The van der Waals surface area contributed by atoms with Crippen LogP contribution in [0.3, 0.4) is 0 Å². The molecular formula is C22H25N5O2. The molecule has 150 valence electrons. The van der Waals surface area contributed by atoms with Gasteiger partial charge in [-0.1, -0.05) is 24.4 Å². The number of nitrogens with zero attached hydrogens (tertiary/aromatic N) is 5. The number of carbonyl (C=O) groups is 1. The Hall–Kier alpha value is -3.09. The SMILES string of the molecule is Cc1ccn(C(=O)CCc2nc(-c3cccnc3)no2)c(=NC2CCCCC2)c1. The quantitative estimate of drug-likeness (QED) is 0.661. The maximum Gasteiger partial charge on any atom is 0.232 e. The molecule has 1 saturated carbocycles.